The Bertz CT molecular complexity index is 616. The Morgan fingerprint density at radius 3 is 2.39 bits per heavy atom. The van der Waals surface area contributed by atoms with Crippen LogP contribution in [0.4, 0.5) is 4.39 Å². The van der Waals surface area contributed by atoms with Gasteiger partial charge in [0.2, 0.25) is 5.91 Å². The van der Waals surface area contributed by atoms with E-state index in [1.807, 2.05) is 24.3 Å². The van der Waals surface area contributed by atoms with E-state index in [2.05, 4.69) is 5.32 Å². The summed E-state index contributed by atoms with van der Waals surface area (Å²) in [4.78, 5) is 11.7. The van der Waals surface area contributed by atoms with E-state index < -0.39 is 0 Å². The van der Waals surface area contributed by atoms with Crippen molar-refractivity contribution in [1.82, 2.24) is 5.32 Å². The summed E-state index contributed by atoms with van der Waals surface area (Å²) in [5, 5.41) is 3.65. The van der Waals surface area contributed by atoms with Crippen LogP contribution >= 0.6 is 23.4 Å². The maximum atomic E-state index is 12.8. The number of hydrogen-bond acceptors (Lipinski definition) is 2. The quantitative estimate of drug-likeness (QED) is 0.711. The van der Waals surface area contributed by atoms with E-state index in [1.54, 1.807) is 23.9 Å². The van der Waals surface area contributed by atoms with Crippen molar-refractivity contribution in [2.75, 3.05) is 12.3 Å². The average molecular weight is 352 g/mol. The molecule has 0 bridgehead atoms. The first-order valence-corrected chi connectivity index (χ1v) is 9.00. The summed E-state index contributed by atoms with van der Waals surface area (Å²) in [6.07, 6.45) is 1.05. The molecule has 0 spiro atoms. The Morgan fingerprint density at radius 2 is 1.70 bits per heavy atom. The normalized spacial score (nSPS) is 10.5. The predicted molar refractivity (Wildman–Crippen MR) is 95.3 cm³/mol. The SMILES string of the molecule is O=C(CCc1ccc(F)cc1)NCCSCc1ccc(Cl)cc1. The number of benzene rings is 2. The molecule has 0 atom stereocenters. The highest BCUT2D eigenvalue weighted by Gasteiger charge is 2.02. The Morgan fingerprint density at radius 1 is 1.04 bits per heavy atom. The van der Waals surface area contributed by atoms with Gasteiger partial charge in [0.15, 0.2) is 0 Å². The number of amides is 1. The number of halogens is 2. The van der Waals surface area contributed by atoms with Crippen molar-refractivity contribution < 1.29 is 9.18 Å². The molecule has 0 aliphatic carbocycles. The molecular formula is C18H19ClFNOS. The molecule has 0 aliphatic rings. The van der Waals surface area contributed by atoms with Gasteiger partial charge in [-0.3, -0.25) is 4.79 Å². The van der Waals surface area contributed by atoms with E-state index >= 15 is 0 Å². The van der Waals surface area contributed by atoms with Crippen molar-refractivity contribution in [3.63, 3.8) is 0 Å². The fourth-order valence-corrected chi connectivity index (χ4v) is 2.98. The third-order valence-electron chi connectivity index (χ3n) is 3.30. The lowest BCUT2D eigenvalue weighted by atomic mass is 10.1. The minimum absolute atomic E-state index is 0.0291. The largest absolute Gasteiger partial charge is 0.355 e. The Hall–Kier alpha value is -1.52. The van der Waals surface area contributed by atoms with Crippen LogP contribution in [0.5, 0.6) is 0 Å². The van der Waals surface area contributed by atoms with E-state index in [0.29, 0.717) is 19.4 Å². The molecule has 5 heteroatoms. The molecule has 0 radical (unpaired) electrons. The smallest absolute Gasteiger partial charge is 0.220 e. The molecular weight excluding hydrogens is 333 g/mol. The highest BCUT2D eigenvalue weighted by atomic mass is 35.5. The second-order valence-electron chi connectivity index (χ2n) is 5.16. The summed E-state index contributed by atoms with van der Waals surface area (Å²) in [7, 11) is 0. The Kier molecular flexibility index (Phi) is 7.43. The number of carbonyl (C=O) groups is 1. The molecule has 23 heavy (non-hydrogen) atoms. The van der Waals surface area contributed by atoms with Gasteiger partial charge < -0.3 is 5.32 Å². The number of thioether (sulfide) groups is 1. The summed E-state index contributed by atoms with van der Waals surface area (Å²) in [6, 6.07) is 14.0. The Balaban J connectivity index is 1.56. The molecule has 2 rings (SSSR count). The topological polar surface area (TPSA) is 29.1 Å². The van der Waals surface area contributed by atoms with E-state index in [4.69, 9.17) is 11.6 Å². The maximum absolute atomic E-state index is 12.8. The lowest BCUT2D eigenvalue weighted by Gasteiger charge is -2.06. The molecule has 1 amide bonds. The molecule has 1 N–H and O–H groups in total. The number of rotatable bonds is 8. The van der Waals surface area contributed by atoms with Crippen LogP contribution in [0.25, 0.3) is 0 Å². The predicted octanol–water partition coefficient (Wildman–Crippen LogP) is 4.46. The number of hydrogen-bond donors (Lipinski definition) is 1. The minimum Gasteiger partial charge on any atom is -0.355 e. The minimum atomic E-state index is -0.254. The fourth-order valence-electron chi connectivity index (χ4n) is 2.03. The van der Waals surface area contributed by atoms with E-state index in [0.717, 1.165) is 22.1 Å². The summed E-state index contributed by atoms with van der Waals surface area (Å²) < 4.78 is 12.8. The van der Waals surface area contributed by atoms with Crippen LogP contribution in [0.2, 0.25) is 5.02 Å². The second kappa shape index (κ2) is 9.58. The van der Waals surface area contributed by atoms with Crippen molar-refractivity contribution in [2.24, 2.45) is 0 Å². The van der Waals surface area contributed by atoms with Crippen molar-refractivity contribution in [2.45, 2.75) is 18.6 Å². The standard InChI is InChI=1S/C18H19ClFNOS/c19-16-6-1-15(2-7-16)13-23-12-11-21-18(22)10-5-14-3-8-17(20)9-4-14/h1-4,6-9H,5,10-13H2,(H,21,22). The van der Waals surface area contributed by atoms with Gasteiger partial charge in [0, 0.05) is 29.5 Å². The van der Waals surface area contributed by atoms with Gasteiger partial charge in [0.25, 0.3) is 0 Å². The third kappa shape index (κ3) is 7.06. The molecule has 122 valence electrons. The van der Waals surface area contributed by atoms with Crippen LogP contribution in [0.1, 0.15) is 17.5 Å². The summed E-state index contributed by atoms with van der Waals surface area (Å²) in [5.74, 6) is 1.55. The number of carbonyl (C=O) groups excluding carboxylic acids is 1. The van der Waals surface area contributed by atoms with E-state index in [1.165, 1.54) is 17.7 Å². The lowest BCUT2D eigenvalue weighted by molar-refractivity contribution is -0.120. The molecule has 2 nitrogen and oxygen atoms in total. The summed E-state index contributed by atoms with van der Waals surface area (Å²) >= 11 is 7.61. The zero-order valence-corrected chi connectivity index (χ0v) is 14.3. The number of nitrogens with one attached hydrogen (secondary N) is 1. The van der Waals surface area contributed by atoms with Gasteiger partial charge in [-0.2, -0.15) is 11.8 Å². The van der Waals surface area contributed by atoms with Gasteiger partial charge in [0.05, 0.1) is 0 Å². The molecule has 0 saturated heterocycles. The highest BCUT2D eigenvalue weighted by Crippen LogP contribution is 2.15. The van der Waals surface area contributed by atoms with Gasteiger partial charge >= 0.3 is 0 Å². The van der Waals surface area contributed by atoms with Crippen LogP contribution in [0, 0.1) is 5.82 Å². The summed E-state index contributed by atoms with van der Waals surface area (Å²) in [6.45, 7) is 0.653. The fraction of sp³-hybridized carbons (Fsp3) is 0.278. The molecule has 2 aromatic carbocycles. The lowest BCUT2D eigenvalue weighted by Crippen LogP contribution is -2.25. The molecule has 0 unspecified atom stereocenters. The monoisotopic (exact) mass is 351 g/mol. The Labute approximate surface area is 145 Å². The molecule has 0 fully saturated rings. The van der Waals surface area contributed by atoms with Crippen molar-refractivity contribution in [3.8, 4) is 0 Å². The first-order chi connectivity index (χ1) is 11.1. The van der Waals surface area contributed by atoms with Gasteiger partial charge in [0.1, 0.15) is 5.82 Å². The van der Waals surface area contributed by atoms with Crippen molar-refractivity contribution in [3.05, 3.63) is 70.5 Å². The van der Waals surface area contributed by atoms with Gasteiger partial charge in [-0.15, -0.1) is 0 Å². The van der Waals surface area contributed by atoms with Crippen LogP contribution in [0.3, 0.4) is 0 Å². The third-order valence-corrected chi connectivity index (χ3v) is 4.59. The van der Waals surface area contributed by atoms with Crippen molar-refractivity contribution in [1.29, 1.82) is 0 Å². The van der Waals surface area contributed by atoms with Crippen LogP contribution in [-0.2, 0) is 17.0 Å². The zero-order chi connectivity index (χ0) is 16.5. The van der Waals surface area contributed by atoms with Gasteiger partial charge in [-0.25, -0.2) is 4.39 Å². The van der Waals surface area contributed by atoms with Crippen LogP contribution < -0.4 is 5.32 Å². The first-order valence-electron chi connectivity index (χ1n) is 7.47. The molecule has 2 aromatic rings. The second-order valence-corrected chi connectivity index (χ2v) is 6.70. The van der Waals surface area contributed by atoms with Crippen LogP contribution in [0.15, 0.2) is 48.5 Å². The van der Waals surface area contributed by atoms with Gasteiger partial charge in [-0.1, -0.05) is 35.9 Å². The molecule has 0 aliphatic heterocycles. The zero-order valence-electron chi connectivity index (χ0n) is 12.7. The molecule has 0 saturated carbocycles. The molecule has 0 heterocycles. The van der Waals surface area contributed by atoms with Crippen LogP contribution in [-0.4, -0.2) is 18.2 Å². The number of aryl methyl sites for hydroxylation is 1. The molecule has 0 aromatic heterocycles. The maximum Gasteiger partial charge on any atom is 0.220 e. The van der Waals surface area contributed by atoms with Crippen molar-refractivity contribution >= 4 is 29.3 Å². The first kappa shape index (κ1) is 17.8. The summed E-state index contributed by atoms with van der Waals surface area (Å²) in [5.41, 5.74) is 2.20. The van der Waals surface area contributed by atoms with E-state index in [-0.39, 0.29) is 11.7 Å². The average Bonchev–Trinajstić information content (AvgIpc) is 2.56. The van der Waals surface area contributed by atoms with E-state index in [9.17, 15) is 9.18 Å². The highest BCUT2D eigenvalue weighted by molar-refractivity contribution is 7.98. The van der Waals surface area contributed by atoms with Gasteiger partial charge in [-0.05, 0) is 41.8 Å².